The third-order valence-corrected chi connectivity index (χ3v) is 2.93. The van der Waals surface area contributed by atoms with Crippen LogP contribution in [0.2, 0.25) is 0 Å². The molecule has 1 N–H and O–H groups in total. The summed E-state index contributed by atoms with van der Waals surface area (Å²) in [4.78, 5) is 25.8. The SMILES string of the molecule is O=C(O)c1cccn2nc(-c3ccccc3[N+](=O)[O-])nc12. The number of carboxylic acids is 1. The van der Waals surface area contributed by atoms with E-state index < -0.39 is 10.9 Å². The average molecular weight is 284 g/mol. The van der Waals surface area contributed by atoms with Gasteiger partial charge in [-0.3, -0.25) is 10.1 Å². The number of carbonyl (C=O) groups is 1. The Balaban J connectivity index is 2.26. The molecule has 0 spiro atoms. The first kappa shape index (κ1) is 12.7. The molecule has 2 aromatic heterocycles. The molecule has 0 aliphatic carbocycles. The maximum absolute atomic E-state index is 11.1. The fourth-order valence-corrected chi connectivity index (χ4v) is 2.01. The van der Waals surface area contributed by atoms with Gasteiger partial charge in [0.1, 0.15) is 5.56 Å². The van der Waals surface area contributed by atoms with E-state index in [0.717, 1.165) is 0 Å². The second-order valence-corrected chi connectivity index (χ2v) is 4.20. The molecule has 104 valence electrons. The molecule has 1 aromatic carbocycles. The quantitative estimate of drug-likeness (QED) is 0.581. The highest BCUT2D eigenvalue weighted by molar-refractivity contribution is 5.94. The van der Waals surface area contributed by atoms with Gasteiger partial charge in [-0.25, -0.2) is 14.3 Å². The number of nitrogens with zero attached hydrogens (tertiary/aromatic N) is 4. The second kappa shape index (κ2) is 4.67. The molecule has 0 aliphatic heterocycles. The molecule has 3 rings (SSSR count). The van der Waals surface area contributed by atoms with E-state index in [-0.39, 0.29) is 28.3 Å². The lowest BCUT2D eigenvalue weighted by Gasteiger charge is -1.96. The molecule has 0 saturated carbocycles. The lowest BCUT2D eigenvalue weighted by atomic mass is 10.2. The molecule has 0 saturated heterocycles. The number of para-hydroxylation sites is 1. The highest BCUT2D eigenvalue weighted by atomic mass is 16.6. The van der Waals surface area contributed by atoms with Crippen LogP contribution in [0.1, 0.15) is 10.4 Å². The van der Waals surface area contributed by atoms with Crippen LogP contribution in [0.3, 0.4) is 0 Å². The molecule has 0 fully saturated rings. The maximum Gasteiger partial charge on any atom is 0.339 e. The van der Waals surface area contributed by atoms with Gasteiger partial charge < -0.3 is 5.11 Å². The minimum absolute atomic E-state index is 0.0187. The minimum Gasteiger partial charge on any atom is -0.478 e. The fraction of sp³-hybridized carbons (Fsp3) is 0. The van der Waals surface area contributed by atoms with Crippen LogP contribution in [-0.4, -0.2) is 30.6 Å². The molecule has 3 aromatic rings. The second-order valence-electron chi connectivity index (χ2n) is 4.20. The number of aromatic carboxylic acids is 1. The van der Waals surface area contributed by atoms with Gasteiger partial charge in [-0.05, 0) is 18.2 Å². The maximum atomic E-state index is 11.1. The molecule has 21 heavy (non-hydrogen) atoms. The number of nitro groups is 1. The average Bonchev–Trinajstić information content (AvgIpc) is 2.90. The van der Waals surface area contributed by atoms with Crippen molar-refractivity contribution in [3.63, 3.8) is 0 Å². The van der Waals surface area contributed by atoms with Gasteiger partial charge in [-0.1, -0.05) is 12.1 Å². The van der Waals surface area contributed by atoms with Crippen molar-refractivity contribution in [3.8, 4) is 11.4 Å². The number of carboxylic acid groups (broad SMARTS) is 1. The van der Waals surface area contributed by atoms with Gasteiger partial charge in [0.25, 0.3) is 5.69 Å². The summed E-state index contributed by atoms with van der Waals surface area (Å²) in [5, 5.41) is 24.3. The van der Waals surface area contributed by atoms with Crippen molar-refractivity contribution in [1.29, 1.82) is 0 Å². The van der Waals surface area contributed by atoms with Crippen LogP contribution >= 0.6 is 0 Å². The summed E-state index contributed by atoms with van der Waals surface area (Å²) < 4.78 is 1.29. The zero-order chi connectivity index (χ0) is 15.0. The van der Waals surface area contributed by atoms with Gasteiger partial charge in [0.05, 0.1) is 10.5 Å². The molecule has 8 heteroatoms. The Kier molecular flexibility index (Phi) is 2.83. The van der Waals surface area contributed by atoms with Gasteiger partial charge in [-0.15, -0.1) is 5.10 Å². The van der Waals surface area contributed by atoms with E-state index in [1.807, 2.05) is 0 Å². The molecule has 8 nitrogen and oxygen atoms in total. The highest BCUT2D eigenvalue weighted by Gasteiger charge is 2.20. The number of nitro benzene ring substituents is 1. The van der Waals surface area contributed by atoms with Gasteiger partial charge in [0.15, 0.2) is 11.5 Å². The van der Waals surface area contributed by atoms with Crippen LogP contribution in [-0.2, 0) is 0 Å². The first-order valence-corrected chi connectivity index (χ1v) is 5.90. The summed E-state index contributed by atoms with van der Waals surface area (Å²) in [5.41, 5.74) is 0.223. The standard InChI is InChI=1S/C13H8N4O4/c18-13(19)9-5-3-7-16-12(9)14-11(15-16)8-4-1-2-6-10(8)17(20)21/h1-7H,(H,18,19). The summed E-state index contributed by atoms with van der Waals surface area (Å²) in [6.07, 6.45) is 1.53. The summed E-state index contributed by atoms with van der Waals surface area (Å²) in [6.45, 7) is 0. The summed E-state index contributed by atoms with van der Waals surface area (Å²) in [6, 6.07) is 8.96. The topological polar surface area (TPSA) is 111 Å². The van der Waals surface area contributed by atoms with E-state index in [9.17, 15) is 14.9 Å². The van der Waals surface area contributed by atoms with E-state index in [1.165, 1.54) is 35.0 Å². The van der Waals surface area contributed by atoms with Crippen LogP contribution in [0.4, 0.5) is 5.69 Å². The highest BCUT2D eigenvalue weighted by Crippen LogP contribution is 2.27. The number of fused-ring (bicyclic) bond motifs is 1. The van der Waals surface area contributed by atoms with Crippen LogP contribution < -0.4 is 0 Å². The van der Waals surface area contributed by atoms with E-state index >= 15 is 0 Å². The van der Waals surface area contributed by atoms with E-state index in [2.05, 4.69) is 10.1 Å². The Morgan fingerprint density at radius 3 is 2.71 bits per heavy atom. The molecule has 0 radical (unpaired) electrons. The Labute approximate surface area is 117 Å². The van der Waals surface area contributed by atoms with Gasteiger partial charge >= 0.3 is 5.97 Å². The van der Waals surface area contributed by atoms with Crippen molar-refractivity contribution in [2.24, 2.45) is 0 Å². The number of rotatable bonds is 3. The van der Waals surface area contributed by atoms with E-state index in [1.54, 1.807) is 12.1 Å². The van der Waals surface area contributed by atoms with Crippen molar-refractivity contribution in [2.45, 2.75) is 0 Å². The first-order valence-electron chi connectivity index (χ1n) is 5.90. The van der Waals surface area contributed by atoms with Crippen molar-refractivity contribution in [3.05, 3.63) is 58.3 Å². The number of hydrogen-bond acceptors (Lipinski definition) is 5. The molecule has 0 bridgehead atoms. The Morgan fingerprint density at radius 2 is 2.00 bits per heavy atom. The molecule has 0 aliphatic rings. The van der Waals surface area contributed by atoms with Crippen LogP contribution in [0.5, 0.6) is 0 Å². The van der Waals surface area contributed by atoms with E-state index in [4.69, 9.17) is 5.11 Å². The normalized spacial score (nSPS) is 10.7. The lowest BCUT2D eigenvalue weighted by Crippen LogP contribution is -2.00. The predicted octanol–water partition coefficient (Wildman–Crippen LogP) is 2.00. The molecule has 0 amide bonds. The Bertz CT molecular complexity index is 871. The number of hydrogen-bond donors (Lipinski definition) is 1. The van der Waals surface area contributed by atoms with Crippen molar-refractivity contribution in [1.82, 2.24) is 14.6 Å². The summed E-state index contributed by atoms with van der Waals surface area (Å²) >= 11 is 0. The van der Waals surface area contributed by atoms with E-state index in [0.29, 0.717) is 0 Å². The van der Waals surface area contributed by atoms with Crippen molar-refractivity contribution >= 4 is 17.3 Å². The van der Waals surface area contributed by atoms with Crippen molar-refractivity contribution < 1.29 is 14.8 Å². The molecular formula is C13H8N4O4. The Hall–Kier alpha value is -3.29. The minimum atomic E-state index is -1.14. The van der Waals surface area contributed by atoms with Crippen LogP contribution in [0, 0.1) is 10.1 Å². The fourth-order valence-electron chi connectivity index (χ4n) is 2.01. The summed E-state index contributed by atoms with van der Waals surface area (Å²) in [7, 11) is 0. The zero-order valence-electron chi connectivity index (χ0n) is 10.5. The van der Waals surface area contributed by atoms with Crippen LogP contribution in [0.15, 0.2) is 42.6 Å². The largest absolute Gasteiger partial charge is 0.478 e. The molecule has 2 heterocycles. The van der Waals surface area contributed by atoms with Gasteiger partial charge in [-0.2, -0.15) is 0 Å². The number of aromatic nitrogens is 3. The third-order valence-electron chi connectivity index (χ3n) is 2.93. The Morgan fingerprint density at radius 1 is 1.24 bits per heavy atom. The molecular weight excluding hydrogens is 276 g/mol. The molecule has 0 atom stereocenters. The van der Waals surface area contributed by atoms with Gasteiger partial charge in [0.2, 0.25) is 0 Å². The number of benzene rings is 1. The first-order chi connectivity index (χ1) is 10.1. The number of pyridine rings is 1. The summed E-state index contributed by atoms with van der Waals surface area (Å²) in [5.74, 6) is -1.03. The predicted molar refractivity (Wildman–Crippen MR) is 72.0 cm³/mol. The molecule has 0 unspecified atom stereocenters. The zero-order valence-corrected chi connectivity index (χ0v) is 10.5. The third kappa shape index (κ3) is 2.08. The monoisotopic (exact) mass is 284 g/mol. The smallest absolute Gasteiger partial charge is 0.339 e. The van der Waals surface area contributed by atoms with Crippen molar-refractivity contribution in [2.75, 3.05) is 0 Å². The van der Waals surface area contributed by atoms with Gasteiger partial charge in [0, 0.05) is 12.3 Å². The van der Waals surface area contributed by atoms with Crippen LogP contribution in [0.25, 0.3) is 17.0 Å². The lowest BCUT2D eigenvalue weighted by molar-refractivity contribution is -0.384.